The van der Waals surface area contributed by atoms with Crippen LogP contribution in [0.25, 0.3) is 0 Å². The lowest BCUT2D eigenvalue weighted by Crippen LogP contribution is -2.45. The summed E-state index contributed by atoms with van der Waals surface area (Å²) in [6.07, 6.45) is 0.902. The van der Waals surface area contributed by atoms with E-state index in [0.717, 1.165) is 25.3 Å². The van der Waals surface area contributed by atoms with Gasteiger partial charge in [0.2, 0.25) is 0 Å². The van der Waals surface area contributed by atoms with Crippen LogP contribution >= 0.6 is 0 Å². The van der Waals surface area contributed by atoms with Gasteiger partial charge in [0.25, 0.3) is 5.91 Å². The molecule has 1 heterocycles. The van der Waals surface area contributed by atoms with Gasteiger partial charge in [-0.3, -0.25) is 4.79 Å². The number of nitrogens with zero attached hydrogens (tertiary/aromatic N) is 2. The Morgan fingerprint density at radius 1 is 1.07 bits per heavy atom. The van der Waals surface area contributed by atoms with E-state index in [9.17, 15) is 31.2 Å². The van der Waals surface area contributed by atoms with E-state index in [1.165, 1.54) is 13.8 Å². The predicted molar refractivity (Wildman–Crippen MR) is 105 cm³/mol. The summed E-state index contributed by atoms with van der Waals surface area (Å²) in [6, 6.07) is 1.04. The first-order chi connectivity index (χ1) is 13.8. The zero-order valence-electron chi connectivity index (χ0n) is 17.3. The lowest BCUT2D eigenvalue weighted by Gasteiger charge is -2.29. The van der Waals surface area contributed by atoms with Crippen molar-refractivity contribution in [3.63, 3.8) is 0 Å². The Balaban J connectivity index is 2.71. The molecule has 0 bridgehead atoms. The van der Waals surface area contributed by atoms with Crippen LogP contribution in [0.4, 0.5) is 23.7 Å². The summed E-state index contributed by atoms with van der Waals surface area (Å²) >= 11 is 0. The number of likely N-dealkylation sites (tertiary alicyclic amines) is 1. The zero-order valence-corrected chi connectivity index (χ0v) is 18.1. The second-order valence-corrected chi connectivity index (χ2v) is 8.86. The quantitative estimate of drug-likeness (QED) is 0.691. The van der Waals surface area contributed by atoms with Gasteiger partial charge in [-0.25, -0.2) is 4.79 Å². The first-order valence-corrected chi connectivity index (χ1v) is 11.0. The van der Waals surface area contributed by atoms with Crippen LogP contribution in [0.3, 0.4) is 0 Å². The molecule has 1 aliphatic heterocycles. The summed E-state index contributed by atoms with van der Waals surface area (Å²) in [5.41, 5.74) is -5.17. The molecule has 0 aromatic heterocycles. The molecule has 1 saturated heterocycles. The summed E-state index contributed by atoms with van der Waals surface area (Å²) in [6.45, 7) is 6.61. The lowest BCUT2D eigenvalue weighted by atomic mass is 9.95. The number of hydrogen-bond acceptors (Lipinski definition) is 5. The Kier molecular flexibility index (Phi) is 7.05. The van der Waals surface area contributed by atoms with E-state index in [1.54, 1.807) is 18.7 Å². The average molecular weight is 450 g/mol. The average Bonchev–Trinajstić information content (AvgIpc) is 2.67. The van der Waals surface area contributed by atoms with Gasteiger partial charge >= 0.3 is 21.6 Å². The van der Waals surface area contributed by atoms with Gasteiger partial charge in [-0.2, -0.15) is 25.9 Å². The van der Waals surface area contributed by atoms with E-state index in [1.807, 2.05) is 0 Å². The molecule has 1 aromatic carbocycles. The molecule has 1 fully saturated rings. The van der Waals surface area contributed by atoms with E-state index in [-0.39, 0.29) is 17.7 Å². The molecule has 2 amide bonds. The van der Waals surface area contributed by atoms with Crippen molar-refractivity contribution in [3.8, 4) is 0 Å². The molecule has 11 heteroatoms. The van der Waals surface area contributed by atoms with E-state index in [0.29, 0.717) is 24.2 Å². The van der Waals surface area contributed by atoms with E-state index in [2.05, 4.69) is 4.74 Å². The van der Waals surface area contributed by atoms with Crippen molar-refractivity contribution >= 4 is 27.7 Å². The van der Waals surface area contributed by atoms with Crippen LogP contribution in [0.1, 0.15) is 53.2 Å². The van der Waals surface area contributed by atoms with Gasteiger partial charge in [-0.05, 0) is 69.7 Å². The third-order valence-corrected chi connectivity index (χ3v) is 6.66. The number of halogens is 3. The number of anilines is 1. The van der Waals surface area contributed by atoms with Gasteiger partial charge in [-0.15, -0.1) is 0 Å². The van der Waals surface area contributed by atoms with Crippen molar-refractivity contribution in [1.82, 2.24) is 4.90 Å². The molecule has 0 saturated carbocycles. The largest absolute Gasteiger partial charge is 0.517 e. The Morgan fingerprint density at radius 3 is 2.13 bits per heavy atom. The van der Waals surface area contributed by atoms with Crippen LogP contribution in [0.5, 0.6) is 0 Å². The number of amides is 2. The topological polar surface area (TPSA) is 84.0 Å². The summed E-state index contributed by atoms with van der Waals surface area (Å²) in [7, 11) is -6.10. The number of rotatable bonds is 4. The van der Waals surface area contributed by atoms with Gasteiger partial charge in [-0.1, -0.05) is 0 Å². The summed E-state index contributed by atoms with van der Waals surface area (Å²) in [5.74, 6) is -0.412. The number of hydrogen-bond donors (Lipinski definition) is 0. The molecule has 0 radical (unpaired) electrons. The van der Waals surface area contributed by atoms with Gasteiger partial charge < -0.3 is 9.64 Å². The SMILES string of the molecule is CCOC(=O)N(c1cc(C(=O)N2CCCCC2)c(C)c(C)c1C)S(=O)(=O)C(F)(F)F. The Morgan fingerprint density at radius 2 is 1.63 bits per heavy atom. The monoisotopic (exact) mass is 450 g/mol. The molecule has 168 valence electrons. The highest BCUT2D eigenvalue weighted by molar-refractivity contribution is 7.94. The minimum atomic E-state index is -6.10. The Hall–Kier alpha value is -2.30. The Labute approximate surface area is 173 Å². The van der Waals surface area contributed by atoms with Crippen molar-refractivity contribution in [2.24, 2.45) is 0 Å². The van der Waals surface area contributed by atoms with Crippen LogP contribution < -0.4 is 4.31 Å². The smallest absolute Gasteiger partial charge is 0.449 e. The highest BCUT2D eigenvalue weighted by Gasteiger charge is 2.53. The van der Waals surface area contributed by atoms with Crippen molar-refractivity contribution < 1.29 is 35.9 Å². The molecule has 0 spiro atoms. The van der Waals surface area contributed by atoms with E-state index >= 15 is 0 Å². The van der Waals surface area contributed by atoms with Gasteiger partial charge in [0.1, 0.15) is 0 Å². The first kappa shape index (κ1) is 24.0. The molecule has 0 unspecified atom stereocenters. The maximum Gasteiger partial charge on any atom is 0.517 e. The normalized spacial score (nSPS) is 15.1. The van der Waals surface area contributed by atoms with Crippen molar-refractivity contribution in [2.45, 2.75) is 52.5 Å². The van der Waals surface area contributed by atoms with E-state index < -0.39 is 37.5 Å². The van der Waals surface area contributed by atoms with Gasteiger partial charge in [0, 0.05) is 18.7 Å². The number of sulfonamides is 1. The minimum absolute atomic E-state index is 0.0571. The zero-order chi connectivity index (χ0) is 22.9. The van der Waals surface area contributed by atoms with Crippen LogP contribution in [0, 0.1) is 20.8 Å². The van der Waals surface area contributed by atoms with Gasteiger partial charge in [0.05, 0.1) is 12.3 Å². The van der Waals surface area contributed by atoms with Crippen LogP contribution in [-0.4, -0.2) is 50.5 Å². The maximum absolute atomic E-state index is 13.3. The Bertz CT molecular complexity index is 938. The van der Waals surface area contributed by atoms with Crippen LogP contribution in [-0.2, 0) is 14.8 Å². The maximum atomic E-state index is 13.3. The van der Waals surface area contributed by atoms with E-state index in [4.69, 9.17) is 0 Å². The number of ether oxygens (including phenoxy) is 1. The highest BCUT2D eigenvalue weighted by Crippen LogP contribution is 2.36. The predicted octanol–water partition coefficient (Wildman–Crippen LogP) is 4.05. The highest BCUT2D eigenvalue weighted by atomic mass is 32.2. The molecule has 0 atom stereocenters. The van der Waals surface area contributed by atoms with Crippen molar-refractivity contribution in [2.75, 3.05) is 24.0 Å². The summed E-state index contributed by atoms with van der Waals surface area (Å²) < 4.78 is 68.6. The number of carbonyl (C=O) groups excluding carboxylic acids is 2. The third kappa shape index (κ3) is 4.40. The fraction of sp³-hybridized carbons (Fsp3) is 0.579. The number of piperidine rings is 1. The lowest BCUT2D eigenvalue weighted by molar-refractivity contribution is -0.0438. The first-order valence-electron chi connectivity index (χ1n) is 9.53. The summed E-state index contributed by atoms with van der Waals surface area (Å²) in [5, 5.41) is 0. The molecular weight excluding hydrogens is 425 g/mol. The third-order valence-electron chi connectivity index (χ3n) is 5.25. The number of benzene rings is 1. The number of carbonyl (C=O) groups is 2. The second kappa shape index (κ2) is 8.83. The molecular formula is C19H25F3N2O5S. The minimum Gasteiger partial charge on any atom is -0.449 e. The molecule has 0 N–H and O–H groups in total. The van der Waals surface area contributed by atoms with Crippen LogP contribution in [0.15, 0.2) is 6.07 Å². The fourth-order valence-electron chi connectivity index (χ4n) is 3.34. The molecule has 2 rings (SSSR count). The number of alkyl halides is 3. The van der Waals surface area contributed by atoms with Crippen LogP contribution in [0.2, 0.25) is 0 Å². The molecule has 1 aromatic rings. The standard InChI is InChI=1S/C19H25F3N2O5S/c1-5-29-18(26)24(30(27,28)19(20,21)22)16-11-15(13(3)12(2)14(16)4)17(25)23-9-7-6-8-10-23/h11H,5-10H2,1-4H3. The molecule has 30 heavy (non-hydrogen) atoms. The second-order valence-electron chi connectivity index (χ2n) is 7.09. The van der Waals surface area contributed by atoms with Crippen molar-refractivity contribution in [3.05, 3.63) is 28.3 Å². The fourth-order valence-corrected chi connectivity index (χ4v) is 4.25. The molecule has 0 aliphatic carbocycles. The summed E-state index contributed by atoms with van der Waals surface area (Å²) in [4.78, 5) is 26.9. The molecule has 1 aliphatic rings. The molecule has 7 nitrogen and oxygen atoms in total. The van der Waals surface area contributed by atoms with Crippen molar-refractivity contribution in [1.29, 1.82) is 0 Å². The van der Waals surface area contributed by atoms with Gasteiger partial charge in [0.15, 0.2) is 0 Å².